The van der Waals surface area contributed by atoms with E-state index in [2.05, 4.69) is 9.97 Å². The van der Waals surface area contributed by atoms with E-state index in [1.807, 2.05) is 30.5 Å². The number of aromatic amines is 1. The first-order valence-electron chi connectivity index (χ1n) is 6.16. The topological polar surface area (TPSA) is 66.0 Å². The fourth-order valence-electron chi connectivity index (χ4n) is 2.17. The summed E-state index contributed by atoms with van der Waals surface area (Å²) in [5.74, 6) is -0.965. The Morgan fingerprint density at radius 1 is 1.25 bits per heavy atom. The molecule has 0 atom stereocenters. The third kappa shape index (κ3) is 2.31. The molecule has 0 bridgehead atoms. The number of fused-ring (bicyclic) bond motifs is 1. The molecule has 4 heteroatoms. The largest absolute Gasteiger partial charge is 0.478 e. The smallest absolute Gasteiger partial charge is 0.328 e. The normalized spacial score (nSPS) is 11.2. The fraction of sp³-hybridized carbons (Fsp3) is 0. The van der Waals surface area contributed by atoms with Crippen LogP contribution in [0.4, 0.5) is 0 Å². The van der Waals surface area contributed by atoms with Gasteiger partial charge in [0.2, 0.25) is 0 Å². The number of H-pyrrole nitrogens is 1. The average Bonchev–Trinajstić information content (AvgIpc) is 2.92. The molecule has 0 fully saturated rings. The van der Waals surface area contributed by atoms with E-state index in [1.54, 1.807) is 24.5 Å². The lowest BCUT2D eigenvalue weighted by Crippen LogP contribution is -1.89. The maximum atomic E-state index is 10.7. The predicted molar refractivity (Wildman–Crippen MR) is 78.2 cm³/mol. The van der Waals surface area contributed by atoms with Gasteiger partial charge in [0, 0.05) is 35.7 Å². The van der Waals surface area contributed by atoms with Crippen LogP contribution in [0, 0.1) is 0 Å². The molecule has 2 heterocycles. The van der Waals surface area contributed by atoms with E-state index in [4.69, 9.17) is 5.11 Å². The van der Waals surface area contributed by atoms with Crippen LogP contribution in [0.1, 0.15) is 5.56 Å². The molecular formula is C16H12N2O2. The Bertz CT molecular complexity index is 803. The molecule has 0 saturated heterocycles. The Kier molecular flexibility index (Phi) is 3.05. The van der Waals surface area contributed by atoms with Gasteiger partial charge in [-0.25, -0.2) is 4.79 Å². The summed E-state index contributed by atoms with van der Waals surface area (Å²) < 4.78 is 0. The minimum absolute atomic E-state index is 0.827. The van der Waals surface area contributed by atoms with E-state index in [0.29, 0.717) is 0 Å². The lowest BCUT2D eigenvalue weighted by atomic mass is 10.0. The number of nitrogens with one attached hydrogen (secondary N) is 1. The van der Waals surface area contributed by atoms with Crippen molar-refractivity contribution in [2.75, 3.05) is 0 Å². The van der Waals surface area contributed by atoms with E-state index < -0.39 is 5.97 Å². The number of rotatable bonds is 3. The highest BCUT2D eigenvalue weighted by Crippen LogP contribution is 2.26. The highest BCUT2D eigenvalue weighted by atomic mass is 16.4. The summed E-state index contributed by atoms with van der Waals surface area (Å²) >= 11 is 0. The van der Waals surface area contributed by atoms with Gasteiger partial charge in [-0.05, 0) is 40.8 Å². The summed E-state index contributed by atoms with van der Waals surface area (Å²) in [5.41, 5.74) is 3.77. The number of carboxylic acid groups (broad SMARTS) is 1. The standard InChI is InChI=1S/C16H12N2O2/c19-16(20)4-3-11-5-7-17-10-14(11)13-2-1-12-6-8-18-15(12)9-13/h1-10,18H,(H,19,20)/b4-3+. The van der Waals surface area contributed by atoms with Gasteiger partial charge in [0.15, 0.2) is 0 Å². The Morgan fingerprint density at radius 3 is 3.00 bits per heavy atom. The monoisotopic (exact) mass is 264 g/mol. The molecule has 0 aliphatic carbocycles. The minimum Gasteiger partial charge on any atom is -0.478 e. The Balaban J connectivity index is 2.11. The van der Waals surface area contributed by atoms with Gasteiger partial charge >= 0.3 is 5.97 Å². The lowest BCUT2D eigenvalue weighted by molar-refractivity contribution is -0.131. The number of carbonyl (C=O) groups is 1. The van der Waals surface area contributed by atoms with E-state index in [0.717, 1.165) is 33.7 Å². The van der Waals surface area contributed by atoms with E-state index in [9.17, 15) is 4.79 Å². The molecule has 3 aromatic rings. The van der Waals surface area contributed by atoms with Crippen LogP contribution in [0.25, 0.3) is 28.1 Å². The third-order valence-electron chi connectivity index (χ3n) is 3.13. The van der Waals surface area contributed by atoms with Crippen LogP contribution < -0.4 is 0 Å². The second-order valence-electron chi connectivity index (χ2n) is 4.41. The first-order chi connectivity index (χ1) is 9.74. The van der Waals surface area contributed by atoms with Gasteiger partial charge < -0.3 is 10.1 Å². The first kappa shape index (κ1) is 12.2. The number of benzene rings is 1. The first-order valence-corrected chi connectivity index (χ1v) is 6.16. The molecule has 0 aliphatic heterocycles. The predicted octanol–water partition coefficient (Wildman–Crippen LogP) is 3.33. The molecular weight excluding hydrogens is 252 g/mol. The number of aliphatic carboxylic acids is 1. The summed E-state index contributed by atoms with van der Waals surface area (Å²) in [6.45, 7) is 0. The molecule has 0 amide bonds. The van der Waals surface area contributed by atoms with E-state index in [-0.39, 0.29) is 0 Å². The molecule has 0 radical (unpaired) electrons. The van der Waals surface area contributed by atoms with Gasteiger partial charge in [-0.1, -0.05) is 12.1 Å². The second kappa shape index (κ2) is 5.01. The summed E-state index contributed by atoms with van der Waals surface area (Å²) in [4.78, 5) is 17.9. The minimum atomic E-state index is -0.965. The Hall–Kier alpha value is -2.88. The van der Waals surface area contributed by atoms with Crippen molar-refractivity contribution in [1.82, 2.24) is 9.97 Å². The average molecular weight is 264 g/mol. The van der Waals surface area contributed by atoms with Crippen molar-refractivity contribution in [1.29, 1.82) is 0 Å². The summed E-state index contributed by atoms with van der Waals surface area (Å²) in [7, 11) is 0. The van der Waals surface area contributed by atoms with Crippen molar-refractivity contribution in [3.63, 3.8) is 0 Å². The number of hydrogen-bond donors (Lipinski definition) is 2. The van der Waals surface area contributed by atoms with Crippen molar-refractivity contribution in [2.24, 2.45) is 0 Å². The van der Waals surface area contributed by atoms with Crippen molar-refractivity contribution >= 4 is 22.9 Å². The molecule has 0 saturated carbocycles. The zero-order chi connectivity index (χ0) is 13.9. The highest BCUT2D eigenvalue weighted by molar-refractivity contribution is 5.90. The van der Waals surface area contributed by atoms with Crippen LogP contribution in [0.2, 0.25) is 0 Å². The second-order valence-corrected chi connectivity index (χ2v) is 4.41. The maximum absolute atomic E-state index is 10.7. The SMILES string of the molecule is O=C(O)/C=C/c1ccncc1-c1ccc2cc[nH]c2c1. The Morgan fingerprint density at radius 2 is 2.15 bits per heavy atom. The molecule has 2 aromatic heterocycles. The summed E-state index contributed by atoms with van der Waals surface area (Å²) in [5, 5.41) is 9.88. The zero-order valence-corrected chi connectivity index (χ0v) is 10.6. The fourth-order valence-corrected chi connectivity index (χ4v) is 2.17. The summed E-state index contributed by atoms with van der Waals surface area (Å²) in [6.07, 6.45) is 8.00. The Labute approximate surface area is 115 Å². The van der Waals surface area contributed by atoms with Crippen molar-refractivity contribution in [2.45, 2.75) is 0 Å². The van der Waals surface area contributed by atoms with Crippen molar-refractivity contribution in [3.8, 4) is 11.1 Å². The van der Waals surface area contributed by atoms with Crippen LogP contribution in [-0.2, 0) is 4.79 Å². The van der Waals surface area contributed by atoms with Gasteiger partial charge in [0.05, 0.1) is 0 Å². The maximum Gasteiger partial charge on any atom is 0.328 e. The van der Waals surface area contributed by atoms with Crippen molar-refractivity contribution in [3.05, 3.63) is 60.6 Å². The van der Waals surface area contributed by atoms with Crippen LogP contribution >= 0.6 is 0 Å². The molecule has 20 heavy (non-hydrogen) atoms. The zero-order valence-electron chi connectivity index (χ0n) is 10.6. The number of pyridine rings is 1. The van der Waals surface area contributed by atoms with Crippen LogP contribution in [-0.4, -0.2) is 21.0 Å². The van der Waals surface area contributed by atoms with Crippen LogP contribution in [0.5, 0.6) is 0 Å². The number of hydrogen-bond acceptors (Lipinski definition) is 2. The molecule has 1 aromatic carbocycles. The van der Waals surface area contributed by atoms with Gasteiger partial charge in [0.1, 0.15) is 0 Å². The lowest BCUT2D eigenvalue weighted by Gasteiger charge is -2.05. The quantitative estimate of drug-likeness (QED) is 0.713. The van der Waals surface area contributed by atoms with E-state index in [1.165, 1.54) is 0 Å². The van der Waals surface area contributed by atoms with Gasteiger partial charge in [-0.3, -0.25) is 4.98 Å². The molecule has 0 aliphatic rings. The number of aromatic nitrogens is 2. The van der Waals surface area contributed by atoms with Crippen LogP contribution in [0.3, 0.4) is 0 Å². The van der Waals surface area contributed by atoms with Gasteiger partial charge in [-0.2, -0.15) is 0 Å². The number of nitrogens with zero attached hydrogens (tertiary/aromatic N) is 1. The molecule has 4 nitrogen and oxygen atoms in total. The number of carboxylic acids is 1. The van der Waals surface area contributed by atoms with Crippen LogP contribution in [0.15, 0.2) is 55.0 Å². The molecule has 3 rings (SSSR count). The molecule has 98 valence electrons. The van der Waals surface area contributed by atoms with Gasteiger partial charge in [-0.15, -0.1) is 0 Å². The van der Waals surface area contributed by atoms with Gasteiger partial charge in [0.25, 0.3) is 0 Å². The summed E-state index contributed by atoms with van der Waals surface area (Å²) in [6, 6.07) is 9.87. The molecule has 0 unspecified atom stereocenters. The van der Waals surface area contributed by atoms with E-state index >= 15 is 0 Å². The third-order valence-corrected chi connectivity index (χ3v) is 3.13. The highest BCUT2D eigenvalue weighted by Gasteiger charge is 2.05. The molecule has 2 N–H and O–H groups in total. The molecule has 0 spiro atoms. The van der Waals surface area contributed by atoms with Crippen molar-refractivity contribution < 1.29 is 9.90 Å².